The predicted molar refractivity (Wildman–Crippen MR) is 81.1 cm³/mol. The molecular formula is C13H10BrClFNO2S. The molecule has 20 heavy (non-hydrogen) atoms. The topological polar surface area (TPSA) is 46.2 Å². The summed E-state index contributed by atoms with van der Waals surface area (Å²) in [5.41, 5.74) is 0.905. The monoisotopic (exact) mass is 377 g/mol. The molecule has 2 aromatic rings. The Morgan fingerprint density at radius 1 is 1.20 bits per heavy atom. The van der Waals surface area contributed by atoms with Crippen molar-refractivity contribution >= 4 is 43.2 Å². The molecule has 0 aliphatic carbocycles. The van der Waals surface area contributed by atoms with Crippen molar-refractivity contribution < 1.29 is 12.8 Å². The fourth-order valence-electron chi connectivity index (χ4n) is 1.56. The van der Waals surface area contributed by atoms with Crippen LogP contribution in [0.15, 0.2) is 45.8 Å². The Morgan fingerprint density at radius 3 is 2.50 bits per heavy atom. The number of nitrogens with one attached hydrogen (secondary N) is 1. The molecule has 0 bridgehead atoms. The average molecular weight is 379 g/mol. The maximum atomic E-state index is 13.3. The molecule has 0 atom stereocenters. The van der Waals surface area contributed by atoms with Gasteiger partial charge < -0.3 is 0 Å². The fourth-order valence-corrected chi connectivity index (χ4v) is 3.06. The minimum Gasteiger partial charge on any atom is -0.280 e. The molecule has 0 aliphatic rings. The third kappa shape index (κ3) is 3.31. The van der Waals surface area contributed by atoms with Crippen LogP contribution in [0.25, 0.3) is 0 Å². The second kappa shape index (κ2) is 5.71. The van der Waals surface area contributed by atoms with Gasteiger partial charge in [0.05, 0.1) is 15.6 Å². The minimum absolute atomic E-state index is 0.0626. The Kier molecular flexibility index (Phi) is 4.36. The Morgan fingerprint density at radius 2 is 1.90 bits per heavy atom. The first-order chi connectivity index (χ1) is 9.29. The summed E-state index contributed by atoms with van der Waals surface area (Å²) in [6.07, 6.45) is 0. The summed E-state index contributed by atoms with van der Waals surface area (Å²) in [5.74, 6) is -0.682. The number of hydrogen-bond acceptors (Lipinski definition) is 2. The highest BCUT2D eigenvalue weighted by Crippen LogP contribution is 2.24. The van der Waals surface area contributed by atoms with Gasteiger partial charge in [-0.15, -0.1) is 0 Å². The molecule has 0 spiro atoms. The summed E-state index contributed by atoms with van der Waals surface area (Å²) in [7, 11) is -3.76. The lowest BCUT2D eigenvalue weighted by Crippen LogP contribution is -2.13. The van der Waals surface area contributed by atoms with E-state index in [9.17, 15) is 12.8 Å². The van der Waals surface area contributed by atoms with E-state index in [4.69, 9.17) is 11.6 Å². The Bertz CT molecular complexity index is 765. The maximum absolute atomic E-state index is 13.3. The lowest BCUT2D eigenvalue weighted by atomic mass is 10.2. The Labute approximate surface area is 130 Å². The van der Waals surface area contributed by atoms with Crippen molar-refractivity contribution in [2.75, 3.05) is 4.72 Å². The number of halogens is 3. The smallest absolute Gasteiger partial charge is 0.261 e. The third-order valence-corrected chi connectivity index (χ3v) is 5.19. The molecule has 3 nitrogen and oxygen atoms in total. The fraction of sp³-hybridized carbons (Fsp3) is 0.0769. The van der Waals surface area contributed by atoms with Crippen LogP contribution in [0, 0.1) is 12.7 Å². The molecule has 0 saturated heterocycles. The van der Waals surface area contributed by atoms with Gasteiger partial charge in [-0.05, 0) is 48.9 Å². The van der Waals surface area contributed by atoms with Gasteiger partial charge in [-0.25, -0.2) is 12.8 Å². The van der Waals surface area contributed by atoms with Crippen molar-refractivity contribution in [3.8, 4) is 0 Å². The summed E-state index contributed by atoms with van der Waals surface area (Å²) >= 11 is 8.85. The summed E-state index contributed by atoms with van der Waals surface area (Å²) in [4.78, 5) is 0.105. The molecule has 0 heterocycles. The van der Waals surface area contributed by atoms with E-state index in [1.165, 1.54) is 24.3 Å². The molecule has 7 heteroatoms. The van der Waals surface area contributed by atoms with Crippen LogP contribution >= 0.6 is 27.5 Å². The van der Waals surface area contributed by atoms with E-state index in [1.54, 1.807) is 13.0 Å². The highest BCUT2D eigenvalue weighted by Gasteiger charge is 2.15. The highest BCUT2D eigenvalue weighted by molar-refractivity contribution is 9.10. The van der Waals surface area contributed by atoms with Gasteiger partial charge >= 0.3 is 0 Å². The van der Waals surface area contributed by atoms with Gasteiger partial charge in [0, 0.05) is 4.47 Å². The average Bonchev–Trinajstić information content (AvgIpc) is 2.37. The molecule has 2 rings (SSSR count). The normalized spacial score (nSPS) is 11.4. The van der Waals surface area contributed by atoms with E-state index >= 15 is 0 Å². The van der Waals surface area contributed by atoms with Gasteiger partial charge in [0.1, 0.15) is 5.82 Å². The second-order valence-electron chi connectivity index (χ2n) is 4.15. The van der Waals surface area contributed by atoms with E-state index in [1.807, 2.05) is 0 Å². The van der Waals surface area contributed by atoms with Crippen LogP contribution in [0.2, 0.25) is 5.02 Å². The molecule has 106 valence electrons. The van der Waals surface area contributed by atoms with E-state index in [-0.39, 0.29) is 15.6 Å². The maximum Gasteiger partial charge on any atom is 0.261 e. The quantitative estimate of drug-likeness (QED) is 0.863. The van der Waals surface area contributed by atoms with Gasteiger partial charge in [-0.3, -0.25) is 4.72 Å². The molecule has 0 aliphatic heterocycles. The molecule has 0 saturated carbocycles. The summed E-state index contributed by atoms with van der Waals surface area (Å²) in [5, 5.41) is -0.0626. The molecule has 0 fully saturated rings. The van der Waals surface area contributed by atoms with Crippen LogP contribution in [-0.4, -0.2) is 8.42 Å². The Hall–Kier alpha value is -1.11. The zero-order valence-electron chi connectivity index (χ0n) is 10.3. The van der Waals surface area contributed by atoms with E-state index in [2.05, 4.69) is 20.7 Å². The number of rotatable bonds is 3. The Balaban J connectivity index is 2.35. The van der Waals surface area contributed by atoms with Crippen LogP contribution in [0.1, 0.15) is 5.56 Å². The molecule has 0 amide bonds. The van der Waals surface area contributed by atoms with Crippen LogP contribution in [0.4, 0.5) is 10.1 Å². The van der Waals surface area contributed by atoms with Gasteiger partial charge in [0.2, 0.25) is 0 Å². The minimum atomic E-state index is -3.76. The van der Waals surface area contributed by atoms with Crippen molar-refractivity contribution in [2.45, 2.75) is 11.8 Å². The zero-order chi connectivity index (χ0) is 14.9. The number of anilines is 1. The molecule has 0 radical (unpaired) electrons. The first-order valence-corrected chi connectivity index (χ1v) is 8.19. The first-order valence-electron chi connectivity index (χ1n) is 5.53. The van der Waals surface area contributed by atoms with Crippen LogP contribution < -0.4 is 4.72 Å². The molecule has 1 N–H and O–H groups in total. The number of aryl methyl sites for hydroxylation is 1. The highest BCUT2D eigenvalue weighted by atomic mass is 79.9. The first kappa shape index (κ1) is 15.3. The van der Waals surface area contributed by atoms with Crippen molar-refractivity contribution in [1.82, 2.24) is 0 Å². The summed E-state index contributed by atoms with van der Waals surface area (Å²) in [6, 6.07) is 8.36. The largest absolute Gasteiger partial charge is 0.280 e. The van der Waals surface area contributed by atoms with Crippen LogP contribution in [0.3, 0.4) is 0 Å². The molecule has 2 aromatic carbocycles. The van der Waals surface area contributed by atoms with Gasteiger partial charge in [0.15, 0.2) is 0 Å². The van der Waals surface area contributed by atoms with Crippen molar-refractivity contribution in [1.29, 1.82) is 0 Å². The number of hydrogen-bond donors (Lipinski definition) is 1. The SMILES string of the molecule is Cc1cc(S(=O)(=O)Nc2ccc(Cl)c(F)c2)ccc1Br. The van der Waals surface area contributed by atoms with Crippen molar-refractivity contribution in [2.24, 2.45) is 0 Å². The number of benzene rings is 2. The van der Waals surface area contributed by atoms with Gasteiger partial charge in [-0.2, -0.15) is 0 Å². The summed E-state index contributed by atoms with van der Waals surface area (Å²) in [6.45, 7) is 1.78. The second-order valence-corrected chi connectivity index (χ2v) is 7.09. The van der Waals surface area contributed by atoms with E-state index in [0.29, 0.717) is 0 Å². The summed E-state index contributed by atoms with van der Waals surface area (Å²) < 4.78 is 40.8. The lowest BCUT2D eigenvalue weighted by Gasteiger charge is -2.09. The molecular weight excluding hydrogens is 369 g/mol. The van der Waals surface area contributed by atoms with Crippen molar-refractivity contribution in [3.63, 3.8) is 0 Å². The zero-order valence-corrected chi connectivity index (χ0v) is 13.5. The predicted octanol–water partition coefficient (Wildman–Crippen LogP) is 4.35. The van der Waals surface area contributed by atoms with Gasteiger partial charge in [0.25, 0.3) is 10.0 Å². The van der Waals surface area contributed by atoms with Crippen molar-refractivity contribution in [3.05, 3.63) is 57.3 Å². The number of sulfonamides is 1. The third-order valence-electron chi connectivity index (χ3n) is 2.61. The molecule has 0 aromatic heterocycles. The molecule has 0 unspecified atom stereocenters. The lowest BCUT2D eigenvalue weighted by molar-refractivity contribution is 0.601. The van der Waals surface area contributed by atoms with Gasteiger partial charge in [-0.1, -0.05) is 27.5 Å². The van der Waals surface area contributed by atoms with E-state index < -0.39 is 15.8 Å². The van der Waals surface area contributed by atoms with Crippen LogP contribution in [0.5, 0.6) is 0 Å². The van der Waals surface area contributed by atoms with Crippen LogP contribution in [-0.2, 0) is 10.0 Å². The van der Waals surface area contributed by atoms with E-state index in [0.717, 1.165) is 16.1 Å². The standard InChI is InChI=1S/C13H10BrClFNO2S/c1-8-6-10(3-4-11(8)14)20(18,19)17-9-2-5-12(15)13(16)7-9/h2-7,17H,1H3.